The quantitative estimate of drug-likeness (QED) is 0.668. The lowest BCUT2D eigenvalue weighted by Gasteiger charge is -2.26. The summed E-state index contributed by atoms with van der Waals surface area (Å²) in [7, 11) is 4.37. The van der Waals surface area contributed by atoms with Crippen LogP contribution in [0.1, 0.15) is 18.0 Å². The Labute approximate surface area is 158 Å². The van der Waals surface area contributed by atoms with E-state index >= 15 is 0 Å². The number of carbonyl (C=O) groups excluding carboxylic acids is 2. The highest BCUT2D eigenvalue weighted by Crippen LogP contribution is 2.31. The van der Waals surface area contributed by atoms with Crippen LogP contribution in [0.15, 0.2) is 18.2 Å². The summed E-state index contributed by atoms with van der Waals surface area (Å²) in [5, 5.41) is 5.96. The minimum absolute atomic E-state index is 0. The standard InChI is InChI=1S/C17H24N2O6.ClH/c1-22-13-5-4-11(8-14(13)23-2)12(9-16(20)24-3)19-17(21)15-10-18-6-7-25-15;/h4-5,8,12,15,18H,6-7,9-10H2,1-3H3,(H,19,21);1H. The first kappa shape index (κ1) is 22.0. The fraction of sp³-hybridized carbons (Fsp3) is 0.529. The van der Waals surface area contributed by atoms with Gasteiger partial charge in [0.2, 0.25) is 0 Å². The lowest BCUT2D eigenvalue weighted by atomic mass is 10.0. The second-order valence-corrected chi connectivity index (χ2v) is 5.52. The molecule has 8 nitrogen and oxygen atoms in total. The van der Waals surface area contributed by atoms with Crippen molar-refractivity contribution in [3.8, 4) is 11.5 Å². The molecular formula is C17H25ClN2O6. The van der Waals surface area contributed by atoms with Crippen LogP contribution in [0.25, 0.3) is 0 Å². The first-order chi connectivity index (χ1) is 12.1. The van der Waals surface area contributed by atoms with E-state index in [4.69, 9.17) is 18.9 Å². The first-order valence-corrected chi connectivity index (χ1v) is 8.00. The molecule has 0 spiro atoms. The number of hydrogen-bond donors (Lipinski definition) is 2. The molecule has 2 rings (SSSR count). The summed E-state index contributed by atoms with van der Waals surface area (Å²) in [6.07, 6.45) is -0.591. The molecule has 0 aromatic heterocycles. The second kappa shape index (κ2) is 10.8. The molecule has 146 valence electrons. The molecule has 0 bridgehead atoms. The molecule has 1 saturated heterocycles. The Morgan fingerprint density at radius 1 is 1.27 bits per heavy atom. The summed E-state index contributed by atoms with van der Waals surface area (Å²) in [4.78, 5) is 24.2. The van der Waals surface area contributed by atoms with Crippen molar-refractivity contribution in [2.24, 2.45) is 0 Å². The van der Waals surface area contributed by atoms with Gasteiger partial charge in [-0.05, 0) is 17.7 Å². The Hall–Kier alpha value is -2.03. The predicted octanol–water partition coefficient (Wildman–Crippen LogP) is 0.834. The molecule has 1 amide bonds. The highest BCUT2D eigenvalue weighted by atomic mass is 35.5. The molecule has 0 aliphatic carbocycles. The first-order valence-electron chi connectivity index (χ1n) is 8.00. The van der Waals surface area contributed by atoms with Crippen molar-refractivity contribution in [1.82, 2.24) is 10.6 Å². The van der Waals surface area contributed by atoms with Gasteiger partial charge < -0.3 is 29.6 Å². The van der Waals surface area contributed by atoms with Gasteiger partial charge in [0.15, 0.2) is 11.5 Å². The van der Waals surface area contributed by atoms with Gasteiger partial charge in [-0.25, -0.2) is 0 Å². The highest BCUT2D eigenvalue weighted by Gasteiger charge is 2.26. The summed E-state index contributed by atoms with van der Waals surface area (Å²) in [5.74, 6) is 0.368. The summed E-state index contributed by atoms with van der Waals surface area (Å²) < 4.78 is 20.7. The van der Waals surface area contributed by atoms with Gasteiger partial charge >= 0.3 is 5.97 Å². The average Bonchev–Trinajstić information content (AvgIpc) is 2.67. The van der Waals surface area contributed by atoms with Crippen molar-refractivity contribution in [2.45, 2.75) is 18.6 Å². The number of halogens is 1. The molecule has 1 aliphatic heterocycles. The summed E-state index contributed by atoms with van der Waals surface area (Å²) in [5.41, 5.74) is 0.708. The van der Waals surface area contributed by atoms with Gasteiger partial charge in [-0.2, -0.15) is 0 Å². The predicted molar refractivity (Wildman–Crippen MR) is 96.9 cm³/mol. The normalized spacial score (nSPS) is 17.4. The van der Waals surface area contributed by atoms with Gasteiger partial charge in [0.1, 0.15) is 6.10 Å². The Bertz CT molecular complexity index is 607. The molecule has 1 aromatic rings. The summed E-state index contributed by atoms with van der Waals surface area (Å²) in [6.45, 7) is 1.61. The van der Waals surface area contributed by atoms with Crippen molar-refractivity contribution < 1.29 is 28.5 Å². The van der Waals surface area contributed by atoms with Crippen LogP contribution in [-0.4, -0.2) is 59.0 Å². The van der Waals surface area contributed by atoms with E-state index in [-0.39, 0.29) is 24.7 Å². The summed E-state index contributed by atoms with van der Waals surface area (Å²) in [6, 6.07) is 4.66. The molecule has 0 radical (unpaired) electrons. The number of hydrogen-bond acceptors (Lipinski definition) is 7. The van der Waals surface area contributed by atoms with Crippen molar-refractivity contribution in [1.29, 1.82) is 0 Å². The maximum absolute atomic E-state index is 12.4. The lowest BCUT2D eigenvalue weighted by molar-refractivity contribution is -0.142. The van der Waals surface area contributed by atoms with Crippen LogP contribution < -0.4 is 20.1 Å². The SMILES string of the molecule is COC(=O)CC(NC(=O)C1CNCCO1)c1ccc(OC)c(OC)c1.Cl. The molecule has 26 heavy (non-hydrogen) atoms. The molecular weight excluding hydrogens is 364 g/mol. The third kappa shape index (κ3) is 5.76. The Morgan fingerprint density at radius 3 is 2.58 bits per heavy atom. The Morgan fingerprint density at radius 2 is 2.00 bits per heavy atom. The average molecular weight is 389 g/mol. The van der Waals surface area contributed by atoms with Crippen LogP contribution in [0.2, 0.25) is 0 Å². The second-order valence-electron chi connectivity index (χ2n) is 5.52. The van der Waals surface area contributed by atoms with Gasteiger partial charge in [0.25, 0.3) is 5.91 Å². The maximum Gasteiger partial charge on any atom is 0.307 e. The summed E-state index contributed by atoms with van der Waals surface area (Å²) >= 11 is 0. The van der Waals surface area contributed by atoms with Crippen LogP contribution >= 0.6 is 12.4 Å². The van der Waals surface area contributed by atoms with Gasteiger partial charge in [0.05, 0.1) is 40.4 Å². The zero-order valence-corrected chi connectivity index (χ0v) is 15.9. The number of nitrogens with one attached hydrogen (secondary N) is 2. The molecule has 1 aliphatic rings. The van der Waals surface area contributed by atoms with Crippen LogP contribution in [0.5, 0.6) is 11.5 Å². The van der Waals surface area contributed by atoms with Crippen LogP contribution in [0, 0.1) is 0 Å². The van der Waals surface area contributed by atoms with Crippen LogP contribution in [0.4, 0.5) is 0 Å². The molecule has 9 heteroatoms. The molecule has 2 atom stereocenters. The van der Waals surface area contributed by atoms with Gasteiger partial charge in [-0.3, -0.25) is 9.59 Å². The minimum atomic E-state index is -0.589. The number of amides is 1. The molecule has 2 N–H and O–H groups in total. The number of rotatable bonds is 7. The zero-order valence-electron chi connectivity index (χ0n) is 15.1. The van der Waals surface area contributed by atoms with Crippen LogP contribution in [-0.2, 0) is 19.1 Å². The lowest BCUT2D eigenvalue weighted by Crippen LogP contribution is -2.48. The van der Waals surface area contributed by atoms with E-state index in [9.17, 15) is 9.59 Å². The zero-order chi connectivity index (χ0) is 18.2. The fourth-order valence-corrected chi connectivity index (χ4v) is 2.57. The highest BCUT2D eigenvalue weighted by molar-refractivity contribution is 5.85. The number of ether oxygens (including phenoxy) is 4. The Kier molecular flexibility index (Phi) is 9.18. The van der Waals surface area contributed by atoms with E-state index in [0.29, 0.717) is 36.8 Å². The van der Waals surface area contributed by atoms with Crippen molar-refractivity contribution >= 4 is 24.3 Å². The van der Waals surface area contributed by atoms with E-state index in [0.717, 1.165) is 0 Å². The largest absolute Gasteiger partial charge is 0.493 e. The smallest absolute Gasteiger partial charge is 0.307 e. The third-order valence-corrected chi connectivity index (χ3v) is 3.94. The number of esters is 1. The van der Waals surface area contributed by atoms with E-state index in [2.05, 4.69) is 10.6 Å². The minimum Gasteiger partial charge on any atom is -0.493 e. The van der Waals surface area contributed by atoms with Crippen molar-refractivity contribution in [2.75, 3.05) is 41.0 Å². The van der Waals surface area contributed by atoms with E-state index in [1.807, 2.05) is 0 Å². The molecule has 1 fully saturated rings. The van der Waals surface area contributed by atoms with Gasteiger partial charge in [-0.1, -0.05) is 6.07 Å². The van der Waals surface area contributed by atoms with E-state index in [1.54, 1.807) is 25.3 Å². The van der Waals surface area contributed by atoms with Crippen molar-refractivity contribution in [3.05, 3.63) is 23.8 Å². The number of morpholine rings is 1. The van der Waals surface area contributed by atoms with Crippen molar-refractivity contribution in [3.63, 3.8) is 0 Å². The van der Waals surface area contributed by atoms with Gasteiger partial charge in [0, 0.05) is 13.1 Å². The van der Waals surface area contributed by atoms with E-state index in [1.165, 1.54) is 14.2 Å². The third-order valence-electron chi connectivity index (χ3n) is 3.94. The topological polar surface area (TPSA) is 95.1 Å². The fourth-order valence-electron chi connectivity index (χ4n) is 2.57. The number of carbonyl (C=O) groups is 2. The molecule has 2 unspecified atom stereocenters. The number of methoxy groups -OCH3 is 3. The monoisotopic (exact) mass is 388 g/mol. The maximum atomic E-state index is 12.4. The molecule has 1 aromatic carbocycles. The van der Waals surface area contributed by atoms with Gasteiger partial charge in [-0.15, -0.1) is 12.4 Å². The van der Waals surface area contributed by atoms with Crippen LogP contribution in [0.3, 0.4) is 0 Å². The van der Waals surface area contributed by atoms with E-state index < -0.39 is 18.1 Å². The Balaban J connectivity index is 0.00000338. The number of benzene rings is 1. The molecule has 1 heterocycles. The molecule has 0 saturated carbocycles.